The summed E-state index contributed by atoms with van der Waals surface area (Å²) in [5.41, 5.74) is 1.12. The average molecular weight is 303 g/mol. The molecule has 3 aromatic rings. The molecule has 2 nitrogen and oxygen atoms in total. The van der Waals surface area contributed by atoms with Gasteiger partial charge in [0.2, 0.25) is 0 Å². The molecule has 1 atom stereocenters. The number of nitrogens with one attached hydrogen (secondary N) is 1. The highest BCUT2D eigenvalue weighted by molar-refractivity contribution is 7.19. The van der Waals surface area contributed by atoms with Crippen LogP contribution in [-0.4, -0.2) is 12.0 Å². The van der Waals surface area contributed by atoms with E-state index >= 15 is 0 Å². The van der Waals surface area contributed by atoms with Crippen molar-refractivity contribution in [3.05, 3.63) is 64.3 Å². The number of nitrogens with zero attached hydrogens (tertiary/aromatic N) is 1. The Hall–Kier alpha value is -1.42. The number of likely N-dealkylation sites (N-methyl/N-ethyl adjacent to an activating group) is 1. The van der Waals surface area contributed by atoms with Crippen LogP contribution in [0.5, 0.6) is 0 Å². The summed E-state index contributed by atoms with van der Waals surface area (Å²) in [4.78, 5) is 5.37. The first-order valence-electron chi connectivity index (χ1n) is 6.52. The van der Waals surface area contributed by atoms with Crippen molar-refractivity contribution in [2.24, 2.45) is 0 Å². The third-order valence-electron chi connectivity index (χ3n) is 3.42. The molecule has 1 unspecified atom stereocenters. The van der Waals surface area contributed by atoms with Gasteiger partial charge in [0.15, 0.2) is 0 Å². The van der Waals surface area contributed by atoms with Gasteiger partial charge in [0, 0.05) is 28.0 Å². The van der Waals surface area contributed by atoms with Gasteiger partial charge in [-0.05, 0) is 42.6 Å². The van der Waals surface area contributed by atoms with Gasteiger partial charge in [-0.3, -0.25) is 4.98 Å². The molecule has 102 valence electrons. The minimum atomic E-state index is 0.271. The van der Waals surface area contributed by atoms with Crippen molar-refractivity contribution in [3.8, 4) is 0 Å². The molecule has 4 heteroatoms. The van der Waals surface area contributed by atoms with E-state index in [0.29, 0.717) is 0 Å². The lowest BCUT2D eigenvalue weighted by Crippen LogP contribution is -2.17. The van der Waals surface area contributed by atoms with E-state index in [0.717, 1.165) is 17.0 Å². The Bertz CT molecular complexity index is 690. The topological polar surface area (TPSA) is 24.9 Å². The first-order valence-corrected chi connectivity index (χ1v) is 7.71. The Labute approximate surface area is 127 Å². The Morgan fingerprint density at radius 1 is 1.30 bits per heavy atom. The number of fused-ring (bicyclic) bond motifs is 1. The fourth-order valence-corrected chi connectivity index (χ4v) is 3.68. The fourth-order valence-electron chi connectivity index (χ4n) is 2.31. The van der Waals surface area contributed by atoms with Crippen molar-refractivity contribution < 1.29 is 0 Å². The molecule has 0 fully saturated rings. The molecule has 1 N–H and O–H groups in total. The van der Waals surface area contributed by atoms with Crippen molar-refractivity contribution >= 4 is 33.0 Å². The molecule has 0 bridgehead atoms. The summed E-state index contributed by atoms with van der Waals surface area (Å²) < 4.78 is 1.32. The predicted octanol–water partition coefficient (Wildman–Crippen LogP) is 4.45. The summed E-state index contributed by atoms with van der Waals surface area (Å²) in [5, 5.41) is 5.42. The molecule has 20 heavy (non-hydrogen) atoms. The standard InChI is InChI=1S/C16H15ClN2S/c1-18-14(8-11-6-7-19-10-13(11)17)16-9-12-4-2-3-5-15(12)20-16/h2-7,9-10,14,18H,8H2,1H3. The number of halogens is 1. The smallest absolute Gasteiger partial charge is 0.0622 e. The summed E-state index contributed by atoms with van der Waals surface area (Å²) in [5.74, 6) is 0. The second kappa shape index (κ2) is 5.92. The zero-order valence-corrected chi connectivity index (χ0v) is 12.7. The average Bonchev–Trinajstić information content (AvgIpc) is 2.90. The number of pyridine rings is 1. The molecule has 0 amide bonds. The molecule has 0 aliphatic carbocycles. The summed E-state index contributed by atoms with van der Waals surface area (Å²) >= 11 is 8.04. The summed E-state index contributed by atoms with van der Waals surface area (Å²) in [6.07, 6.45) is 4.36. The third kappa shape index (κ3) is 2.70. The van der Waals surface area contributed by atoms with Gasteiger partial charge in [-0.2, -0.15) is 0 Å². The highest BCUT2D eigenvalue weighted by atomic mass is 35.5. The summed E-state index contributed by atoms with van der Waals surface area (Å²) in [7, 11) is 1.99. The maximum Gasteiger partial charge on any atom is 0.0622 e. The van der Waals surface area contributed by atoms with E-state index in [9.17, 15) is 0 Å². The van der Waals surface area contributed by atoms with Crippen molar-refractivity contribution in [3.63, 3.8) is 0 Å². The van der Waals surface area contributed by atoms with E-state index in [1.807, 2.05) is 24.5 Å². The Balaban J connectivity index is 1.91. The number of benzene rings is 1. The zero-order chi connectivity index (χ0) is 13.9. The van der Waals surface area contributed by atoms with Crippen LogP contribution in [-0.2, 0) is 6.42 Å². The van der Waals surface area contributed by atoms with Gasteiger partial charge < -0.3 is 5.32 Å². The molecule has 1 aromatic carbocycles. The van der Waals surface area contributed by atoms with Crippen molar-refractivity contribution in [1.29, 1.82) is 0 Å². The molecule has 0 saturated heterocycles. The van der Waals surface area contributed by atoms with Crippen molar-refractivity contribution in [2.45, 2.75) is 12.5 Å². The van der Waals surface area contributed by atoms with Gasteiger partial charge in [0.1, 0.15) is 0 Å². The first kappa shape index (κ1) is 13.6. The second-order valence-corrected chi connectivity index (χ2v) is 6.22. The Morgan fingerprint density at radius 2 is 2.15 bits per heavy atom. The van der Waals surface area contributed by atoms with Crippen LogP contribution in [0.2, 0.25) is 5.02 Å². The first-order chi connectivity index (χ1) is 9.78. The SMILES string of the molecule is CNC(Cc1ccncc1Cl)c1cc2ccccc2s1. The lowest BCUT2D eigenvalue weighted by Gasteiger charge is -2.15. The van der Waals surface area contributed by atoms with E-state index in [-0.39, 0.29) is 6.04 Å². The molecule has 0 spiro atoms. The summed E-state index contributed by atoms with van der Waals surface area (Å²) in [6.45, 7) is 0. The highest BCUT2D eigenvalue weighted by Crippen LogP contribution is 2.32. The zero-order valence-electron chi connectivity index (χ0n) is 11.1. The van der Waals surface area contributed by atoms with Crippen LogP contribution in [0.1, 0.15) is 16.5 Å². The maximum atomic E-state index is 6.20. The molecule has 3 rings (SSSR count). The lowest BCUT2D eigenvalue weighted by atomic mass is 10.1. The fraction of sp³-hybridized carbons (Fsp3) is 0.188. The van der Waals surface area contributed by atoms with Crippen LogP contribution >= 0.6 is 22.9 Å². The minimum absolute atomic E-state index is 0.271. The molecule has 2 heterocycles. The third-order valence-corrected chi connectivity index (χ3v) is 4.99. The minimum Gasteiger partial charge on any atom is -0.312 e. The van der Waals surface area contributed by atoms with Gasteiger partial charge in [-0.1, -0.05) is 29.8 Å². The van der Waals surface area contributed by atoms with Crippen LogP contribution < -0.4 is 5.32 Å². The monoisotopic (exact) mass is 302 g/mol. The van der Waals surface area contributed by atoms with Crippen LogP contribution in [0.3, 0.4) is 0 Å². The van der Waals surface area contributed by atoms with E-state index in [1.165, 1.54) is 15.0 Å². The normalized spacial score (nSPS) is 12.7. The van der Waals surface area contributed by atoms with Gasteiger partial charge in [0.25, 0.3) is 0 Å². The molecule has 0 saturated carbocycles. The number of hydrogen-bond acceptors (Lipinski definition) is 3. The van der Waals surface area contributed by atoms with E-state index in [4.69, 9.17) is 11.6 Å². The lowest BCUT2D eigenvalue weighted by molar-refractivity contribution is 0.602. The van der Waals surface area contributed by atoms with Gasteiger partial charge in [0.05, 0.1) is 5.02 Å². The van der Waals surface area contributed by atoms with Crippen LogP contribution in [0.25, 0.3) is 10.1 Å². The number of aromatic nitrogens is 1. The van der Waals surface area contributed by atoms with Crippen molar-refractivity contribution in [2.75, 3.05) is 7.05 Å². The molecule has 2 aromatic heterocycles. The predicted molar refractivity (Wildman–Crippen MR) is 86.6 cm³/mol. The Morgan fingerprint density at radius 3 is 2.90 bits per heavy atom. The van der Waals surface area contributed by atoms with Crippen molar-refractivity contribution in [1.82, 2.24) is 10.3 Å². The number of hydrogen-bond donors (Lipinski definition) is 1. The van der Waals surface area contributed by atoms with Crippen LogP contribution in [0, 0.1) is 0 Å². The molecule has 0 radical (unpaired) electrons. The van der Waals surface area contributed by atoms with Crippen LogP contribution in [0.15, 0.2) is 48.8 Å². The highest BCUT2D eigenvalue weighted by Gasteiger charge is 2.14. The van der Waals surface area contributed by atoms with Crippen LogP contribution in [0.4, 0.5) is 0 Å². The maximum absolute atomic E-state index is 6.20. The van der Waals surface area contributed by atoms with E-state index < -0.39 is 0 Å². The second-order valence-electron chi connectivity index (χ2n) is 4.70. The van der Waals surface area contributed by atoms with Gasteiger partial charge >= 0.3 is 0 Å². The summed E-state index contributed by atoms with van der Waals surface area (Å²) in [6, 6.07) is 13.0. The molecular formula is C16H15ClN2S. The number of rotatable bonds is 4. The largest absolute Gasteiger partial charge is 0.312 e. The van der Waals surface area contributed by atoms with Gasteiger partial charge in [-0.15, -0.1) is 11.3 Å². The molecule has 0 aliphatic rings. The van der Waals surface area contributed by atoms with E-state index in [1.54, 1.807) is 12.4 Å². The molecular weight excluding hydrogens is 288 g/mol. The molecule has 0 aliphatic heterocycles. The van der Waals surface area contributed by atoms with E-state index in [2.05, 4.69) is 40.6 Å². The Kier molecular flexibility index (Phi) is 4.01. The van der Waals surface area contributed by atoms with Gasteiger partial charge in [-0.25, -0.2) is 0 Å². The number of thiophene rings is 1. The quantitative estimate of drug-likeness (QED) is 0.770.